The van der Waals surface area contributed by atoms with Crippen molar-refractivity contribution in [1.29, 1.82) is 0 Å². The molecule has 1 spiro atoms. The van der Waals surface area contributed by atoms with Crippen molar-refractivity contribution >= 4 is 35.2 Å². The number of aliphatic hydroxyl groups is 1. The first-order valence-electron chi connectivity index (χ1n) is 17.5. The first-order chi connectivity index (χ1) is 23.3. The van der Waals surface area contributed by atoms with Crippen LogP contribution in [0.25, 0.3) is 0 Å². The van der Waals surface area contributed by atoms with Crippen LogP contribution >= 0.6 is 11.8 Å². The third kappa shape index (κ3) is 5.76. The Morgan fingerprint density at radius 3 is 2.35 bits per heavy atom. The number of anilines is 1. The Bertz CT molecular complexity index is 1490. The molecule has 4 aliphatic rings. The van der Waals surface area contributed by atoms with Crippen LogP contribution in [0, 0.1) is 17.8 Å². The highest BCUT2D eigenvalue weighted by molar-refractivity contribution is 8.02. The predicted octanol–water partition coefficient (Wildman–Crippen LogP) is 6.02. The second kappa shape index (κ2) is 14.5. The summed E-state index contributed by atoms with van der Waals surface area (Å²) in [6, 6.07) is 15.4. The molecule has 0 aromatic heterocycles. The maximum absolute atomic E-state index is 15.2. The Labute approximate surface area is 289 Å². The molecule has 2 aromatic carbocycles. The lowest BCUT2D eigenvalue weighted by Crippen LogP contribution is -2.59. The molecule has 3 aliphatic heterocycles. The van der Waals surface area contributed by atoms with Crippen molar-refractivity contribution in [3.63, 3.8) is 0 Å². The van der Waals surface area contributed by atoms with Crippen LogP contribution in [0.15, 0.2) is 79.9 Å². The van der Waals surface area contributed by atoms with E-state index in [-0.39, 0.29) is 48.1 Å². The highest BCUT2D eigenvalue weighted by atomic mass is 32.2. The van der Waals surface area contributed by atoms with Gasteiger partial charge in [-0.05, 0) is 61.9 Å². The van der Waals surface area contributed by atoms with Gasteiger partial charge in [-0.3, -0.25) is 14.4 Å². The number of thioether (sulfide) groups is 1. The Morgan fingerprint density at radius 2 is 1.73 bits per heavy atom. The SMILES string of the molecule is C=CCN(C(=O)[C@@H]1[C@H]2C(=O)N([C@H](CO)c3ccccc3)C(C(=O)N(CC=C)C3CCCCC3)C23S[C@@H]1CC3C)c1ccc(OCC)cc1. The predicted molar refractivity (Wildman–Crippen MR) is 191 cm³/mol. The number of carbonyl (C=O) groups is 3. The van der Waals surface area contributed by atoms with E-state index in [4.69, 9.17) is 4.74 Å². The zero-order valence-electron chi connectivity index (χ0n) is 28.2. The number of ether oxygens (including phenoxy) is 1. The lowest BCUT2D eigenvalue weighted by atomic mass is 9.65. The van der Waals surface area contributed by atoms with Crippen molar-refractivity contribution in [1.82, 2.24) is 9.80 Å². The molecule has 9 heteroatoms. The number of likely N-dealkylation sites (tertiary alicyclic amines) is 1. The van der Waals surface area contributed by atoms with Gasteiger partial charge in [-0.25, -0.2) is 0 Å². The van der Waals surface area contributed by atoms with E-state index in [1.54, 1.807) is 33.7 Å². The number of hydrogen-bond donors (Lipinski definition) is 1. The lowest BCUT2D eigenvalue weighted by molar-refractivity contribution is -0.147. The summed E-state index contributed by atoms with van der Waals surface area (Å²) in [5.41, 5.74) is 1.48. The second-order valence-electron chi connectivity index (χ2n) is 13.6. The van der Waals surface area contributed by atoms with Crippen molar-refractivity contribution in [2.45, 2.75) is 80.5 Å². The maximum atomic E-state index is 15.2. The van der Waals surface area contributed by atoms with Gasteiger partial charge in [0.25, 0.3) is 0 Å². The maximum Gasteiger partial charge on any atom is 0.247 e. The summed E-state index contributed by atoms with van der Waals surface area (Å²) in [6.07, 6.45) is 9.33. The van der Waals surface area contributed by atoms with E-state index in [1.807, 2.05) is 66.4 Å². The smallest absolute Gasteiger partial charge is 0.247 e. The van der Waals surface area contributed by atoms with E-state index < -0.39 is 28.7 Å². The average Bonchev–Trinajstić information content (AvgIpc) is 3.71. The summed E-state index contributed by atoms with van der Waals surface area (Å²) in [4.78, 5) is 50.5. The molecule has 3 amide bonds. The van der Waals surface area contributed by atoms with Crippen LogP contribution in [-0.4, -0.2) is 81.0 Å². The van der Waals surface area contributed by atoms with E-state index in [9.17, 15) is 9.90 Å². The van der Waals surface area contributed by atoms with Crippen molar-refractivity contribution in [2.75, 3.05) is 31.2 Å². The zero-order valence-corrected chi connectivity index (χ0v) is 29.0. The van der Waals surface area contributed by atoms with Gasteiger partial charge >= 0.3 is 0 Å². The second-order valence-corrected chi connectivity index (χ2v) is 15.2. The third-order valence-electron chi connectivity index (χ3n) is 11.1. The van der Waals surface area contributed by atoms with E-state index in [0.717, 1.165) is 49.8 Å². The topological polar surface area (TPSA) is 90.4 Å². The Balaban J connectivity index is 1.44. The van der Waals surface area contributed by atoms with Gasteiger partial charge in [-0.2, -0.15) is 0 Å². The summed E-state index contributed by atoms with van der Waals surface area (Å²) >= 11 is 1.67. The van der Waals surface area contributed by atoms with Crippen LogP contribution < -0.4 is 9.64 Å². The molecule has 256 valence electrons. The summed E-state index contributed by atoms with van der Waals surface area (Å²) in [5.74, 6) is -1.04. The van der Waals surface area contributed by atoms with Crippen molar-refractivity contribution in [2.24, 2.45) is 17.8 Å². The van der Waals surface area contributed by atoms with Gasteiger partial charge in [0.05, 0.1) is 35.8 Å². The molecule has 2 bridgehead atoms. The van der Waals surface area contributed by atoms with Gasteiger partial charge in [0.2, 0.25) is 17.7 Å². The number of amides is 3. The van der Waals surface area contributed by atoms with Crippen LogP contribution in [0.5, 0.6) is 5.75 Å². The normalized spacial score (nSPS) is 28.5. The van der Waals surface area contributed by atoms with Crippen molar-refractivity contribution in [3.05, 3.63) is 85.5 Å². The highest BCUT2D eigenvalue weighted by Crippen LogP contribution is 2.69. The lowest BCUT2D eigenvalue weighted by Gasteiger charge is -2.44. The van der Waals surface area contributed by atoms with Gasteiger partial charge in [0.15, 0.2) is 0 Å². The van der Waals surface area contributed by atoms with Gasteiger partial charge < -0.3 is 24.5 Å². The molecule has 2 aromatic rings. The minimum absolute atomic E-state index is 0.00911. The first kappa shape index (κ1) is 34.3. The molecular formula is C39H49N3O5S. The fourth-order valence-electron chi connectivity index (χ4n) is 9.01. The van der Waals surface area contributed by atoms with Crippen molar-refractivity contribution < 1.29 is 24.2 Å². The average molecular weight is 672 g/mol. The van der Waals surface area contributed by atoms with E-state index >= 15 is 9.59 Å². The molecule has 0 radical (unpaired) electrons. The summed E-state index contributed by atoms with van der Waals surface area (Å²) in [6.45, 7) is 12.9. The first-order valence-corrected chi connectivity index (χ1v) is 18.4. The molecule has 3 heterocycles. The number of rotatable bonds is 13. The van der Waals surface area contributed by atoms with Crippen LogP contribution in [0.2, 0.25) is 0 Å². The Morgan fingerprint density at radius 1 is 1.04 bits per heavy atom. The van der Waals surface area contributed by atoms with E-state index in [1.165, 1.54) is 0 Å². The summed E-state index contributed by atoms with van der Waals surface area (Å²) < 4.78 is 4.83. The molecule has 3 saturated heterocycles. The minimum Gasteiger partial charge on any atom is -0.494 e. The van der Waals surface area contributed by atoms with Gasteiger partial charge in [-0.1, -0.05) is 68.7 Å². The largest absolute Gasteiger partial charge is 0.494 e. The monoisotopic (exact) mass is 671 g/mol. The molecule has 48 heavy (non-hydrogen) atoms. The molecule has 7 atom stereocenters. The van der Waals surface area contributed by atoms with E-state index in [0.29, 0.717) is 18.8 Å². The Hall–Kier alpha value is -3.56. The molecule has 3 unspecified atom stereocenters. The zero-order chi connectivity index (χ0) is 34.0. The highest BCUT2D eigenvalue weighted by Gasteiger charge is 2.77. The van der Waals surface area contributed by atoms with Crippen LogP contribution in [0.4, 0.5) is 5.69 Å². The number of aliphatic hydroxyl groups excluding tert-OH is 1. The van der Waals surface area contributed by atoms with Gasteiger partial charge in [0, 0.05) is 30.1 Å². The molecule has 6 rings (SSSR count). The molecule has 4 fully saturated rings. The molecule has 8 nitrogen and oxygen atoms in total. The molecule has 1 aliphatic carbocycles. The quantitative estimate of drug-likeness (QED) is 0.262. The number of fused-ring (bicyclic) bond motifs is 1. The number of carbonyl (C=O) groups excluding carboxylic acids is 3. The van der Waals surface area contributed by atoms with Gasteiger partial charge in [0.1, 0.15) is 11.8 Å². The number of hydrogen-bond acceptors (Lipinski definition) is 6. The standard InChI is InChI=1S/C39H49N3O5S/c1-5-22-40(29-18-20-30(21-19-29)47-7-3)36(44)33-32-24-26(4)39(48-32)34(33)37(45)42(31(25-43)27-14-10-8-11-15-27)35(39)38(46)41(23-6-2)28-16-12-9-13-17-28/h5-6,8,10-11,14-15,18-21,26,28,31-35,43H,1-2,7,9,12-13,16-17,22-25H2,3-4H3/t26?,31-,32-,33+,34+,35?,39?/m1/s1. The minimum atomic E-state index is -0.824. The van der Waals surface area contributed by atoms with E-state index in [2.05, 4.69) is 20.1 Å². The van der Waals surface area contributed by atoms with Gasteiger partial charge in [-0.15, -0.1) is 24.9 Å². The summed E-state index contributed by atoms with van der Waals surface area (Å²) in [5, 5.41) is 10.8. The molecule has 1 saturated carbocycles. The molecular weight excluding hydrogens is 623 g/mol. The summed E-state index contributed by atoms with van der Waals surface area (Å²) in [7, 11) is 0. The van der Waals surface area contributed by atoms with Crippen LogP contribution in [-0.2, 0) is 14.4 Å². The van der Waals surface area contributed by atoms with Crippen LogP contribution in [0.3, 0.4) is 0 Å². The van der Waals surface area contributed by atoms with Crippen LogP contribution in [0.1, 0.15) is 64.0 Å². The fourth-order valence-corrected chi connectivity index (χ4v) is 11.4. The Kier molecular flexibility index (Phi) is 10.4. The van der Waals surface area contributed by atoms with Crippen molar-refractivity contribution in [3.8, 4) is 5.75 Å². The third-order valence-corrected chi connectivity index (χ3v) is 13.1. The molecule has 1 N–H and O–H groups in total. The number of benzene rings is 2. The number of nitrogens with zero attached hydrogens (tertiary/aromatic N) is 3. The fraction of sp³-hybridized carbons (Fsp3) is 0.513.